The van der Waals surface area contributed by atoms with E-state index in [2.05, 4.69) is 0 Å². The van der Waals surface area contributed by atoms with Gasteiger partial charge in [-0.25, -0.2) is 0 Å². The minimum Gasteiger partial charge on any atom is -0.378 e. The summed E-state index contributed by atoms with van der Waals surface area (Å²) in [4.78, 5) is 11.1. The average molecular weight is 154 g/mol. The summed E-state index contributed by atoms with van der Waals surface area (Å²) in [7, 11) is 0. The van der Waals surface area contributed by atoms with Crippen molar-refractivity contribution in [2.24, 2.45) is 11.8 Å². The molecule has 0 aliphatic heterocycles. The minimum atomic E-state index is 0.381. The molecule has 0 spiro atoms. The average Bonchev–Trinajstić information content (AvgIpc) is 2.22. The van der Waals surface area contributed by atoms with Crippen molar-refractivity contribution in [1.82, 2.24) is 0 Å². The lowest BCUT2D eigenvalue weighted by Crippen LogP contribution is -2.42. The van der Waals surface area contributed by atoms with E-state index in [4.69, 9.17) is 4.74 Å². The van der Waals surface area contributed by atoms with Crippen LogP contribution in [0.5, 0.6) is 0 Å². The zero-order valence-electron chi connectivity index (χ0n) is 6.88. The smallest absolute Gasteiger partial charge is 0.136 e. The first-order chi connectivity index (χ1) is 5.33. The maximum Gasteiger partial charge on any atom is 0.136 e. The first kappa shape index (κ1) is 7.29. The third kappa shape index (κ3) is 1.00. The summed E-state index contributed by atoms with van der Waals surface area (Å²) >= 11 is 0. The topological polar surface area (TPSA) is 26.3 Å². The van der Waals surface area contributed by atoms with E-state index in [0.717, 1.165) is 25.9 Å². The zero-order chi connectivity index (χ0) is 7.84. The highest BCUT2D eigenvalue weighted by Gasteiger charge is 2.49. The van der Waals surface area contributed by atoms with Crippen molar-refractivity contribution < 1.29 is 9.53 Å². The van der Waals surface area contributed by atoms with Gasteiger partial charge >= 0.3 is 0 Å². The summed E-state index contributed by atoms with van der Waals surface area (Å²) in [5.74, 6) is 1.44. The summed E-state index contributed by atoms with van der Waals surface area (Å²) in [6, 6.07) is 0. The lowest BCUT2D eigenvalue weighted by atomic mass is 9.73. The molecule has 2 aliphatic rings. The van der Waals surface area contributed by atoms with Crippen LogP contribution in [0.15, 0.2) is 0 Å². The van der Waals surface area contributed by atoms with Crippen LogP contribution >= 0.6 is 0 Å². The Hall–Kier alpha value is -0.370. The predicted molar refractivity (Wildman–Crippen MR) is 41.3 cm³/mol. The first-order valence-corrected chi connectivity index (χ1v) is 4.47. The van der Waals surface area contributed by atoms with E-state index in [1.54, 1.807) is 0 Å². The van der Waals surface area contributed by atoms with Crippen molar-refractivity contribution in [2.75, 3.05) is 6.61 Å². The molecular weight excluding hydrogens is 140 g/mol. The Morgan fingerprint density at radius 2 is 2.45 bits per heavy atom. The maximum absolute atomic E-state index is 11.1. The molecule has 0 aromatic rings. The Bertz CT molecular complexity index is 176. The van der Waals surface area contributed by atoms with Gasteiger partial charge in [-0.2, -0.15) is 0 Å². The van der Waals surface area contributed by atoms with Crippen LogP contribution in [0.25, 0.3) is 0 Å². The molecule has 2 rings (SSSR count). The van der Waals surface area contributed by atoms with Gasteiger partial charge in [0.15, 0.2) is 0 Å². The summed E-state index contributed by atoms with van der Waals surface area (Å²) in [5.41, 5.74) is 0. The van der Waals surface area contributed by atoms with Gasteiger partial charge in [0.05, 0.1) is 6.10 Å². The normalized spacial score (nSPS) is 41.9. The SMILES string of the molecule is CCOC1CC2C(=O)CCC12. The van der Waals surface area contributed by atoms with E-state index >= 15 is 0 Å². The van der Waals surface area contributed by atoms with Gasteiger partial charge < -0.3 is 4.74 Å². The Balaban J connectivity index is 1.91. The molecule has 2 saturated carbocycles. The van der Waals surface area contributed by atoms with Gasteiger partial charge in [-0.1, -0.05) is 0 Å². The third-order valence-corrected chi connectivity index (χ3v) is 3.00. The third-order valence-electron chi connectivity index (χ3n) is 3.00. The maximum atomic E-state index is 11.1. The molecule has 62 valence electrons. The van der Waals surface area contributed by atoms with Crippen molar-refractivity contribution in [1.29, 1.82) is 0 Å². The summed E-state index contributed by atoms with van der Waals surface area (Å²) in [6.07, 6.45) is 3.29. The standard InChI is InChI=1S/C9H14O2/c1-2-11-9-5-7-6(9)3-4-8(7)10/h6-7,9H,2-5H2,1H3. The summed E-state index contributed by atoms with van der Waals surface area (Å²) < 4.78 is 5.49. The van der Waals surface area contributed by atoms with Crippen molar-refractivity contribution in [2.45, 2.75) is 32.3 Å². The molecule has 0 saturated heterocycles. The number of hydrogen-bond donors (Lipinski definition) is 0. The van der Waals surface area contributed by atoms with Crippen molar-refractivity contribution in [3.05, 3.63) is 0 Å². The van der Waals surface area contributed by atoms with E-state index < -0.39 is 0 Å². The molecule has 2 aliphatic carbocycles. The Morgan fingerprint density at radius 1 is 1.64 bits per heavy atom. The van der Waals surface area contributed by atoms with Crippen LogP contribution in [0.2, 0.25) is 0 Å². The molecule has 0 radical (unpaired) electrons. The van der Waals surface area contributed by atoms with Crippen molar-refractivity contribution in [3.8, 4) is 0 Å². The zero-order valence-corrected chi connectivity index (χ0v) is 6.88. The quantitative estimate of drug-likeness (QED) is 0.600. The minimum absolute atomic E-state index is 0.381. The van der Waals surface area contributed by atoms with Crippen molar-refractivity contribution in [3.63, 3.8) is 0 Å². The molecule has 0 amide bonds. The number of carbonyl (C=O) groups is 1. The second kappa shape index (κ2) is 2.59. The van der Waals surface area contributed by atoms with E-state index in [0.29, 0.717) is 23.7 Å². The van der Waals surface area contributed by atoms with Crippen LogP contribution in [-0.4, -0.2) is 18.5 Å². The van der Waals surface area contributed by atoms with Crippen LogP contribution in [0.3, 0.4) is 0 Å². The molecule has 0 aromatic carbocycles. The largest absolute Gasteiger partial charge is 0.378 e. The first-order valence-electron chi connectivity index (χ1n) is 4.47. The molecule has 11 heavy (non-hydrogen) atoms. The number of rotatable bonds is 2. The lowest BCUT2D eigenvalue weighted by Gasteiger charge is -2.38. The molecule has 0 N–H and O–H groups in total. The van der Waals surface area contributed by atoms with Gasteiger partial charge in [0.1, 0.15) is 5.78 Å². The number of Topliss-reactive ketones (excluding diaryl/α,β-unsaturated/α-hetero) is 1. The monoisotopic (exact) mass is 154 g/mol. The molecule has 3 atom stereocenters. The highest BCUT2D eigenvalue weighted by atomic mass is 16.5. The van der Waals surface area contributed by atoms with E-state index in [1.807, 2.05) is 6.92 Å². The molecule has 0 heterocycles. The van der Waals surface area contributed by atoms with E-state index in [9.17, 15) is 4.79 Å². The summed E-state index contributed by atoms with van der Waals surface area (Å²) in [6.45, 7) is 2.81. The Morgan fingerprint density at radius 3 is 3.09 bits per heavy atom. The van der Waals surface area contributed by atoms with Gasteiger partial charge in [-0.3, -0.25) is 4.79 Å². The van der Waals surface area contributed by atoms with Gasteiger partial charge in [-0.15, -0.1) is 0 Å². The van der Waals surface area contributed by atoms with Gasteiger partial charge in [0.25, 0.3) is 0 Å². The van der Waals surface area contributed by atoms with E-state index in [1.165, 1.54) is 0 Å². The fourth-order valence-electron chi connectivity index (χ4n) is 2.32. The fraction of sp³-hybridized carbons (Fsp3) is 0.889. The van der Waals surface area contributed by atoms with Gasteiger partial charge in [0.2, 0.25) is 0 Å². The predicted octanol–water partition coefficient (Wildman–Crippen LogP) is 1.39. The number of hydrogen-bond acceptors (Lipinski definition) is 2. The van der Waals surface area contributed by atoms with Crippen LogP contribution in [0.4, 0.5) is 0 Å². The molecule has 0 aromatic heterocycles. The summed E-state index contributed by atoms with van der Waals surface area (Å²) in [5, 5.41) is 0. The van der Waals surface area contributed by atoms with E-state index in [-0.39, 0.29) is 0 Å². The molecule has 2 fully saturated rings. The number of carbonyl (C=O) groups excluding carboxylic acids is 1. The van der Waals surface area contributed by atoms with Gasteiger partial charge in [0, 0.05) is 18.9 Å². The van der Waals surface area contributed by atoms with Crippen molar-refractivity contribution >= 4 is 5.78 Å². The van der Waals surface area contributed by atoms with Crippen LogP contribution in [-0.2, 0) is 9.53 Å². The number of ether oxygens (including phenoxy) is 1. The molecule has 3 unspecified atom stereocenters. The van der Waals surface area contributed by atoms with Crippen LogP contribution < -0.4 is 0 Å². The fourth-order valence-corrected chi connectivity index (χ4v) is 2.32. The molecule has 2 heteroatoms. The molecular formula is C9H14O2. The van der Waals surface area contributed by atoms with Crippen LogP contribution in [0, 0.1) is 11.8 Å². The second-order valence-electron chi connectivity index (χ2n) is 3.50. The molecule has 0 bridgehead atoms. The second-order valence-corrected chi connectivity index (χ2v) is 3.50. The van der Waals surface area contributed by atoms with Gasteiger partial charge in [-0.05, 0) is 25.7 Å². The lowest BCUT2D eigenvalue weighted by molar-refractivity contribution is -0.131. The number of fused-ring (bicyclic) bond motifs is 1. The highest BCUT2D eigenvalue weighted by Crippen LogP contribution is 2.46. The van der Waals surface area contributed by atoms with Crippen LogP contribution in [0.1, 0.15) is 26.2 Å². The Kier molecular flexibility index (Phi) is 1.72. The Labute approximate surface area is 66.9 Å². The highest BCUT2D eigenvalue weighted by molar-refractivity contribution is 5.84. The molecule has 2 nitrogen and oxygen atoms in total. The number of ketones is 1.